The number of carbonyl (C=O) groups is 1. The van der Waals surface area contributed by atoms with Crippen LogP contribution in [-0.2, 0) is 11.3 Å². The summed E-state index contributed by atoms with van der Waals surface area (Å²) in [4.78, 5) is 17.2. The number of hydrogen-bond acceptors (Lipinski definition) is 4. The molecule has 1 aliphatic rings. The van der Waals surface area contributed by atoms with Crippen molar-refractivity contribution < 1.29 is 9.53 Å². The molecule has 21 heavy (non-hydrogen) atoms. The first-order valence-electron chi connectivity index (χ1n) is 6.34. The first-order valence-corrected chi connectivity index (χ1v) is 7.98. The molecule has 1 atom stereocenters. The Balaban J connectivity index is 1.70. The molecule has 0 bridgehead atoms. The number of hydrogen-bond donors (Lipinski definition) is 1. The average molecular weight is 343 g/mol. The van der Waals surface area contributed by atoms with Crippen LogP contribution in [0.15, 0.2) is 17.6 Å². The zero-order valence-corrected chi connectivity index (χ0v) is 13.5. The minimum atomic E-state index is -0.293. The van der Waals surface area contributed by atoms with Gasteiger partial charge in [0.1, 0.15) is 12.5 Å². The van der Waals surface area contributed by atoms with Crippen LogP contribution in [0.25, 0.3) is 0 Å². The fourth-order valence-corrected chi connectivity index (χ4v) is 3.75. The van der Waals surface area contributed by atoms with Crippen molar-refractivity contribution in [3.63, 3.8) is 0 Å². The molecule has 0 fully saturated rings. The van der Waals surface area contributed by atoms with Gasteiger partial charge in [-0.3, -0.25) is 4.79 Å². The van der Waals surface area contributed by atoms with Gasteiger partial charge in [0, 0.05) is 16.6 Å². The van der Waals surface area contributed by atoms with Crippen LogP contribution in [0.2, 0.25) is 10.0 Å². The molecule has 1 N–H and O–H groups in total. The highest BCUT2D eigenvalue weighted by molar-refractivity contribution is 7.10. The average Bonchev–Trinajstić information content (AvgIpc) is 2.99. The van der Waals surface area contributed by atoms with Crippen LogP contribution >= 0.6 is 34.5 Å². The normalized spacial score (nSPS) is 16.4. The predicted octanol–water partition coefficient (Wildman–Crippen LogP) is 3.55. The van der Waals surface area contributed by atoms with Gasteiger partial charge < -0.3 is 10.1 Å². The highest BCUT2D eigenvalue weighted by Gasteiger charge is 2.32. The number of aromatic nitrogens is 1. The van der Waals surface area contributed by atoms with Crippen LogP contribution in [0.3, 0.4) is 0 Å². The molecule has 4 nitrogen and oxygen atoms in total. The second kappa shape index (κ2) is 5.83. The molecular weight excluding hydrogens is 331 g/mol. The van der Waals surface area contributed by atoms with Crippen molar-refractivity contribution in [2.75, 3.05) is 6.61 Å². The van der Waals surface area contributed by atoms with Crippen molar-refractivity contribution >= 4 is 40.4 Å². The van der Waals surface area contributed by atoms with E-state index < -0.39 is 0 Å². The van der Waals surface area contributed by atoms with Crippen LogP contribution in [0, 0.1) is 6.92 Å². The number of thiazole rings is 1. The Morgan fingerprint density at radius 3 is 3.10 bits per heavy atom. The van der Waals surface area contributed by atoms with E-state index in [1.165, 1.54) is 11.3 Å². The van der Waals surface area contributed by atoms with Gasteiger partial charge in [-0.2, -0.15) is 0 Å². The summed E-state index contributed by atoms with van der Waals surface area (Å²) in [5.41, 5.74) is 3.51. The molecule has 1 aromatic heterocycles. The Hall–Kier alpha value is -1.30. The second-order valence-corrected chi connectivity index (χ2v) is 6.52. The van der Waals surface area contributed by atoms with E-state index in [9.17, 15) is 4.79 Å². The van der Waals surface area contributed by atoms with E-state index in [4.69, 9.17) is 27.9 Å². The number of nitrogens with zero attached hydrogens (tertiary/aromatic N) is 1. The van der Waals surface area contributed by atoms with Crippen LogP contribution in [-0.4, -0.2) is 17.5 Å². The van der Waals surface area contributed by atoms with Crippen LogP contribution in [0.4, 0.5) is 0 Å². The number of fused-ring (bicyclic) bond motifs is 1. The van der Waals surface area contributed by atoms with Gasteiger partial charge in [0.25, 0.3) is 0 Å². The van der Waals surface area contributed by atoms with E-state index in [0.717, 1.165) is 16.0 Å². The summed E-state index contributed by atoms with van der Waals surface area (Å²) in [7, 11) is 0. The van der Waals surface area contributed by atoms with Crippen molar-refractivity contribution in [2.45, 2.75) is 19.4 Å². The van der Waals surface area contributed by atoms with E-state index >= 15 is 0 Å². The number of rotatable bonds is 3. The molecule has 1 amide bonds. The number of carbonyl (C=O) groups excluding carboxylic acids is 1. The lowest BCUT2D eigenvalue weighted by atomic mass is 10.1. The zero-order chi connectivity index (χ0) is 15.0. The van der Waals surface area contributed by atoms with E-state index in [1.807, 2.05) is 13.0 Å². The van der Waals surface area contributed by atoms with Gasteiger partial charge in [-0.05, 0) is 30.2 Å². The summed E-state index contributed by atoms with van der Waals surface area (Å²) in [5.74, 6) is 0.197. The molecule has 1 unspecified atom stereocenters. The maximum atomic E-state index is 12.3. The molecule has 2 aromatic rings. The Labute approximate surface area is 136 Å². The van der Waals surface area contributed by atoms with Gasteiger partial charge in [0.2, 0.25) is 11.8 Å². The van der Waals surface area contributed by atoms with E-state index in [-0.39, 0.29) is 11.8 Å². The van der Waals surface area contributed by atoms with Crippen molar-refractivity contribution in [3.05, 3.63) is 43.7 Å². The zero-order valence-electron chi connectivity index (χ0n) is 11.2. The smallest absolute Gasteiger partial charge is 0.232 e. The van der Waals surface area contributed by atoms with Crippen LogP contribution < -0.4 is 10.1 Å². The third kappa shape index (κ3) is 2.86. The summed E-state index contributed by atoms with van der Waals surface area (Å²) in [5, 5.41) is 4.05. The summed E-state index contributed by atoms with van der Waals surface area (Å²) >= 11 is 13.5. The van der Waals surface area contributed by atoms with Crippen molar-refractivity contribution in [3.8, 4) is 5.88 Å². The molecule has 0 saturated carbocycles. The van der Waals surface area contributed by atoms with E-state index in [1.54, 1.807) is 11.6 Å². The quantitative estimate of drug-likeness (QED) is 0.927. The number of aryl methyl sites for hydroxylation is 1. The fourth-order valence-electron chi connectivity index (χ4n) is 2.27. The molecule has 110 valence electrons. The standard InChI is InChI=1S/C14H12Cl2N2O2S/c1-7-2-8(15)3-11(16)9(7)4-17-13(19)10-5-20-14-12(10)21-6-18-14/h2-3,6,10H,4-5H2,1H3,(H,17,19). The number of amides is 1. The molecule has 1 aromatic carbocycles. The third-order valence-corrected chi connectivity index (χ3v) is 4.88. The number of nitrogens with one attached hydrogen (secondary N) is 1. The molecular formula is C14H12Cl2N2O2S. The molecule has 0 spiro atoms. The highest BCUT2D eigenvalue weighted by Crippen LogP contribution is 2.36. The molecule has 1 aliphatic heterocycles. The minimum absolute atomic E-state index is 0.0802. The first kappa shape index (κ1) is 14.6. The Bertz CT molecular complexity index is 679. The summed E-state index contributed by atoms with van der Waals surface area (Å²) in [6.07, 6.45) is 0. The molecule has 0 radical (unpaired) electrons. The maximum Gasteiger partial charge on any atom is 0.232 e. The Morgan fingerprint density at radius 1 is 1.52 bits per heavy atom. The largest absolute Gasteiger partial charge is 0.476 e. The van der Waals surface area contributed by atoms with Gasteiger partial charge >= 0.3 is 0 Å². The SMILES string of the molecule is Cc1cc(Cl)cc(Cl)c1CNC(=O)C1COc2ncsc21. The summed E-state index contributed by atoms with van der Waals surface area (Å²) < 4.78 is 5.38. The van der Waals surface area contributed by atoms with Gasteiger partial charge in [-0.25, -0.2) is 4.98 Å². The number of ether oxygens (including phenoxy) is 1. The lowest BCUT2D eigenvalue weighted by Gasteiger charge is -2.12. The minimum Gasteiger partial charge on any atom is -0.476 e. The number of halogens is 2. The van der Waals surface area contributed by atoms with Crippen LogP contribution in [0.1, 0.15) is 21.9 Å². The van der Waals surface area contributed by atoms with Crippen molar-refractivity contribution in [2.24, 2.45) is 0 Å². The third-order valence-electron chi connectivity index (χ3n) is 3.40. The van der Waals surface area contributed by atoms with Gasteiger partial charge in [0.15, 0.2) is 0 Å². The predicted molar refractivity (Wildman–Crippen MR) is 83.4 cm³/mol. The molecule has 0 aliphatic carbocycles. The van der Waals surface area contributed by atoms with Gasteiger partial charge in [-0.15, -0.1) is 11.3 Å². The van der Waals surface area contributed by atoms with Crippen molar-refractivity contribution in [1.82, 2.24) is 10.3 Å². The first-order chi connectivity index (χ1) is 10.1. The monoisotopic (exact) mass is 342 g/mol. The topological polar surface area (TPSA) is 51.2 Å². The highest BCUT2D eigenvalue weighted by atomic mass is 35.5. The van der Waals surface area contributed by atoms with Crippen molar-refractivity contribution in [1.29, 1.82) is 0 Å². The molecule has 0 saturated heterocycles. The molecule has 7 heteroatoms. The Morgan fingerprint density at radius 2 is 2.33 bits per heavy atom. The molecule has 2 heterocycles. The fraction of sp³-hybridized carbons (Fsp3) is 0.286. The van der Waals surface area contributed by atoms with Gasteiger partial charge in [0.05, 0.1) is 10.4 Å². The Kier molecular flexibility index (Phi) is 4.06. The summed E-state index contributed by atoms with van der Waals surface area (Å²) in [6.45, 7) is 2.62. The lowest BCUT2D eigenvalue weighted by Crippen LogP contribution is -2.29. The maximum absolute atomic E-state index is 12.3. The number of benzene rings is 1. The second-order valence-electron chi connectivity index (χ2n) is 4.79. The van der Waals surface area contributed by atoms with Gasteiger partial charge in [-0.1, -0.05) is 23.2 Å². The van der Waals surface area contributed by atoms with E-state index in [0.29, 0.717) is 29.1 Å². The lowest BCUT2D eigenvalue weighted by molar-refractivity contribution is -0.122. The molecule has 3 rings (SSSR count). The van der Waals surface area contributed by atoms with Crippen LogP contribution in [0.5, 0.6) is 5.88 Å². The van der Waals surface area contributed by atoms with E-state index in [2.05, 4.69) is 10.3 Å². The summed E-state index contributed by atoms with van der Waals surface area (Å²) in [6, 6.07) is 3.51.